The third-order valence-corrected chi connectivity index (χ3v) is 4.86. The van der Waals surface area contributed by atoms with E-state index in [1.54, 1.807) is 12.1 Å². The van der Waals surface area contributed by atoms with Crippen molar-refractivity contribution >= 4 is 5.91 Å². The number of rotatable bonds is 1. The summed E-state index contributed by atoms with van der Waals surface area (Å²) in [6.45, 7) is 2.67. The summed E-state index contributed by atoms with van der Waals surface area (Å²) in [6, 6.07) is 6.01. The number of likely N-dealkylation sites (tertiary alicyclic amines) is 2. The molecule has 0 radical (unpaired) electrons. The summed E-state index contributed by atoms with van der Waals surface area (Å²) < 4.78 is 13.3. The van der Waals surface area contributed by atoms with E-state index in [4.69, 9.17) is 0 Å². The third kappa shape index (κ3) is 2.33. The van der Waals surface area contributed by atoms with E-state index in [-0.39, 0.29) is 17.3 Å². The first kappa shape index (κ1) is 13.6. The number of halogens is 1. The molecule has 20 heavy (non-hydrogen) atoms. The van der Waals surface area contributed by atoms with E-state index in [9.17, 15) is 9.18 Å². The van der Waals surface area contributed by atoms with E-state index in [1.165, 1.54) is 18.6 Å². The van der Waals surface area contributed by atoms with E-state index in [2.05, 4.69) is 11.9 Å². The maximum Gasteiger partial charge on any atom is 0.254 e. The van der Waals surface area contributed by atoms with Crippen LogP contribution in [0.5, 0.6) is 0 Å². The lowest BCUT2D eigenvalue weighted by atomic mass is 9.86. The van der Waals surface area contributed by atoms with Gasteiger partial charge in [-0.25, -0.2) is 4.39 Å². The first-order valence-corrected chi connectivity index (χ1v) is 7.37. The number of benzene rings is 1. The molecule has 4 heteroatoms. The summed E-state index contributed by atoms with van der Waals surface area (Å²) in [5.41, 5.74) is 0.615. The van der Waals surface area contributed by atoms with E-state index >= 15 is 0 Å². The molecule has 108 valence electrons. The summed E-state index contributed by atoms with van der Waals surface area (Å²) in [5.74, 6) is -0.385. The minimum absolute atomic E-state index is 0.0381. The van der Waals surface area contributed by atoms with Crippen LogP contribution in [0, 0.1) is 5.82 Å². The summed E-state index contributed by atoms with van der Waals surface area (Å²) in [7, 11) is 2.16. The van der Waals surface area contributed by atoms with Gasteiger partial charge >= 0.3 is 0 Å². The summed E-state index contributed by atoms with van der Waals surface area (Å²) in [6.07, 6.45) is 4.57. The largest absolute Gasteiger partial charge is 0.337 e. The Morgan fingerprint density at radius 1 is 1.25 bits per heavy atom. The van der Waals surface area contributed by atoms with Crippen LogP contribution in [0.25, 0.3) is 0 Å². The van der Waals surface area contributed by atoms with Crippen LogP contribution in [-0.4, -0.2) is 47.9 Å². The molecule has 2 fully saturated rings. The van der Waals surface area contributed by atoms with Gasteiger partial charge in [-0.15, -0.1) is 0 Å². The molecular weight excluding hydrogens is 255 g/mol. The molecule has 3 nitrogen and oxygen atoms in total. The molecule has 2 aliphatic heterocycles. The van der Waals surface area contributed by atoms with Crippen LogP contribution in [-0.2, 0) is 0 Å². The minimum atomic E-state index is -0.347. The van der Waals surface area contributed by atoms with Gasteiger partial charge in [0, 0.05) is 24.2 Å². The van der Waals surface area contributed by atoms with E-state index in [0.717, 1.165) is 38.9 Å². The van der Waals surface area contributed by atoms with Gasteiger partial charge in [0.2, 0.25) is 0 Å². The average Bonchev–Trinajstić information content (AvgIpc) is 2.79. The Labute approximate surface area is 119 Å². The van der Waals surface area contributed by atoms with Gasteiger partial charge in [-0.1, -0.05) is 6.07 Å². The molecule has 3 rings (SSSR count). The zero-order chi connectivity index (χ0) is 14.2. The van der Waals surface area contributed by atoms with Gasteiger partial charge in [-0.05, 0) is 57.5 Å². The summed E-state index contributed by atoms with van der Waals surface area (Å²) in [4.78, 5) is 16.8. The van der Waals surface area contributed by atoms with Crippen molar-refractivity contribution in [1.29, 1.82) is 0 Å². The number of likely N-dealkylation sites (N-methyl/N-ethyl adjacent to an activating group) is 1. The second-order valence-electron chi connectivity index (χ2n) is 6.09. The zero-order valence-corrected chi connectivity index (χ0v) is 11.9. The molecule has 2 heterocycles. The standard InChI is InChI=1S/C16H21FN2O/c1-18-9-3-7-16(18)8-4-10-19(12-16)15(20)13-5-2-6-14(17)11-13/h2,5-6,11H,3-4,7-10,12H2,1H3. The molecule has 0 saturated carbocycles. The maximum atomic E-state index is 13.3. The van der Waals surface area contributed by atoms with Crippen molar-refractivity contribution in [2.24, 2.45) is 0 Å². The SMILES string of the molecule is CN1CCCC12CCCN(C(=O)c1cccc(F)c1)C2. The normalized spacial score (nSPS) is 27.2. The number of piperidine rings is 1. The van der Waals surface area contributed by atoms with Gasteiger partial charge in [0.25, 0.3) is 5.91 Å². The topological polar surface area (TPSA) is 23.6 Å². The fourth-order valence-corrected chi connectivity index (χ4v) is 3.68. The molecule has 0 aromatic heterocycles. The fraction of sp³-hybridized carbons (Fsp3) is 0.562. The van der Waals surface area contributed by atoms with Gasteiger partial charge in [-0.3, -0.25) is 9.69 Å². The van der Waals surface area contributed by atoms with Crippen molar-refractivity contribution in [3.05, 3.63) is 35.6 Å². The van der Waals surface area contributed by atoms with Crippen molar-refractivity contribution < 1.29 is 9.18 Å². The van der Waals surface area contributed by atoms with Crippen LogP contribution in [0.1, 0.15) is 36.0 Å². The van der Waals surface area contributed by atoms with Crippen molar-refractivity contribution in [3.8, 4) is 0 Å². The van der Waals surface area contributed by atoms with Gasteiger partial charge < -0.3 is 4.90 Å². The molecule has 2 aliphatic rings. The zero-order valence-electron chi connectivity index (χ0n) is 11.9. The minimum Gasteiger partial charge on any atom is -0.337 e. The van der Waals surface area contributed by atoms with Crippen molar-refractivity contribution in [2.45, 2.75) is 31.2 Å². The number of carbonyl (C=O) groups excluding carboxylic acids is 1. The third-order valence-electron chi connectivity index (χ3n) is 4.86. The summed E-state index contributed by atoms with van der Waals surface area (Å²) >= 11 is 0. The number of amides is 1. The number of nitrogens with zero attached hydrogens (tertiary/aromatic N) is 2. The molecule has 1 aromatic carbocycles. The van der Waals surface area contributed by atoms with E-state index in [0.29, 0.717) is 5.56 Å². The number of hydrogen-bond acceptors (Lipinski definition) is 2. The van der Waals surface area contributed by atoms with Crippen molar-refractivity contribution in [1.82, 2.24) is 9.80 Å². The van der Waals surface area contributed by atoms with Gasteiger partial charge in [-0.2, -0.15) is 0 Å². The smallest absolute Gasteiger partial charge is 0.254 e. The van der Waals surface area contributed by atoms with Crippen LogP contribution >= 0.6 is 0 Å². The average molecular weight is 276 g/mol. The highest BCUT2D eigenvalue weighted by atomic mass is 19.1. The Morgan fingerprint density at radius 2 is 2.00 bits per heavy atom. The number of carbonyl (C=O) groups is 1. The first-order chi connectivity index (χ1) is 9.61. The van der Waals surface area contributed by atoms with Crippen LogP contribution in [0.4, 0.5) is 4.39 Å². The Hall–Kier alpha value is -1.42. The monoisotopic (exact) mass is 276 g/mol. The molecule has 1 spiro atoms. The molecule has 1 aromatic rings. The Morgan fingerprint density at radius 3 is 2.70 bits per heavy atom. The lowest BCUT2D eigenvalue weighted by Crippen LogP contribution is -2.55. The molecule has 0 N–H and O–H groups in total. The van der Waals surface area contributed by atoms with Crippen molar-refractivity contribution in [2.75, 3.05) is 26.7 Å². The maximum absolute atomic E-state index is 13.3. The Balaban J connectivity index is 1.78. The highest BCUT2D eigenvalue weighted by molar-refractivity contribution is 5.94. The molecule has 1 amide bonds. The molecule has 1 unspecified atom stereocenters. The molecule has 2 saturated heterocycles. The molecular formula is C16H21FN2O. The molecule has 1 atom stereocenters. The second kappa shape index (κ2) is 5.17. The lowest BCUT2D eigenvalue weighted by molar-refractivity contribution is 0.0412. The number of hydrogen-bond donors (Lipinski definition) is 0. The molecule has 0 bridgehead atoms. The van der Waals surface area contributed by atoms with Gasteiger partial charge in [0.1, 0.15) is 5.82 Å². The Bertz CT molecular complexity index is 519. The summed E-state index contributed by atoms with van der Waals surface area (Å²) in [5, 5.41) is 0. The van der Waals surface area contributed by atoms with Crippen LogP contribution in [0.3, 0.4) is 0 Å². The second-order valence-corrected chi connectivity index (χ2v) is 6.09. The fourth-order valence-electron chi connectivity index (χ4n) is 3.68. The van der Waals surface area contributed by atoms with Gasteiger partial charge in [0.15, 0.2) is 0 Å². The highest BCUT2D eigenvalue weighted by Crippen LogP contribution is 2.36. The quantitative estimate of drug-likeness (QED) is 0.787. The lowest BCUT2D eigenvalue weighted by Gasteiger charge is -2.44. The van der Waals surface area contributed by atoms with Crippen molar-refractivity contribution in [3.63, 3.8) is 0 Å². The van der Waals surface area contributed by atoms with E-state index in [1.807, 2.05) is 4.90 Å². The predicted molar refractivity (Wildman–Crippen MR) is 76.1 cm³/mol. The first-order valence-electron chi connectivity index (χ1n) is 7.37. The van der Waals surface area contributed by atoms with Gasteiger partial charge in [0.05, 0.1) is 0 Å². The van der Waals surface area contributed by atoms with E-state index < -0.39 is 0 Å². The predicted octanol–water partition coefficient (Wildman–Crippen LogP) is 2.53. The van der Waals surface area contributed by atoms with Crippen LogP contribution < -0.4 is 0 Å². The molecule has 0 aliphatic carbocycles. The Kier molecular flexibility index (Phi) is 3.50. The van der Waals surface area contributed by atoms with Crippen LogP contribution in [0.2, 0.25) is 0 Å². The van der Waals surface area contributed by atoms with Crippen LogP contribution in [0.15, 0.2) is 24.3 Å². The highest BCUT2D eigenvalue weighted by Gasteiger charge is 2.43.